The molecule has 0 saturated heterocycles. The summed E-state index contributed by atoms with van der Waals surface area (Å²) in [4.78, 5) is 29.9. The number of carbonyl (C=O) groups excluding carboxylic acids is 2. The molecule has 1 saturated carbocycles. The summed E-state index contributed by atoms with van der Waals surface area (Å²) in [5, 5.41) is 5.91. The molecule has 1 aliphatic carbocycles. The number of carbonyl (C=O) groups is 2. The highest BCUT2D eigenvalue weighted by molar-refractivity contribution is 6.06. The molecule has 0 unspecified atom stereocenters. The van der Waals surface area contributed by atoms with Gasteiger partial charge in [-0.05, 0) is 56.9 Å². The van der Waals surface area contributed by atoms with Gasteiger partial charge in [0.1, 0.15) is 0 Å². The maximum Gasteiger partial charge on any atom is 0.292 e. The Morgan fingerprint density at radius 1 is 1.07 bits per heavy atom. The first-order chi connectivity index (χ1) is 12.9. The first-order valence-electron chi connectivity index (χ1n) is 9.11. The van der Waals surface area contributed by atoms with Crippen LogP contribution in [-0.2, 0) is 0 Å². The molecule has 1 aliphatic rings. The van der Waals surface area contributed by atoms with Crippen molar-refractivity contribution >= 4 is 23.0 Å². The normalized spacial score (nSPS) is 13.6. The van der Waals surface area contributed by atoms with E-state index in [1.165, 1.54) is 0 Å². The molecule has 1 aromatic carbocycles. The summed E-state index contributed by atoms with van der Waals surface area (Å²) >= 11 is 0. The number of nitrogens with zero attached hydrogens (tertiary/aromatic N) is 2. The predicted molar refractivity (Wildman–Crippen MR) is 104 cm³/mol. The Morgan fingerprint density at radius 3 is 2.44 bits per heavy atom. The molecule has 0 bridgehead atoms. The number of hydrogen-bond acceptors (Lipinski definition) is 3. The van der Waals surface area contributed by atoms with E-state index in [1.807, 2.05) is 45.0 Å². The van der Waals surface area contributed by atoms with Crippen LogP contribution in [0.2, 0.25) is 0 Å². The number of aromatic nitrogens is 2. The lowest BCUT2D eigenvalue weighted by Gasteiger charge is -2.12. The SMILES string of the molecule is Cc1cc(C)c(NC(=O)c2nc(C(=O)NC3CC3)c3ccccn23)c(C)c1. The van der Waals surface area contributed by atoms with Gasteiger partial charge < -0.3 is 10.6 Å². The Balaban J connectivity index is 1.71. The number of aryl methyl sites for hydroxylation is 3. The Hall–Kier alpha value is -3.15. The number of anilines is 1. The van der Waals surface area contributed by atoms with Gasteiger partial charge >= 0.3 is 0 Å². The number of amides is 2. The fraction of sp³-hybridized carbons (Fsp3) is 0.286. The average molecular weight is 362 g/mol. The highest BCUT2D eigenvalue weighted by Gasteiger charge is 2.27. The molecule has 27 heavy (non-hydrogen) atoms. The van der Waals surface area contributed by atoms with Crippen LogP contribution in [0.1, 0.15) is 50.6 Å². The molecule has 2 N–H and O–H groups in total. The lowest BCUT2D eigenvalue weighted by molar-refractivity contribution is 0.0948. The Morgan fingerprint density at radius 2 is 1.78 bits per heavy atom. The number of rotatable bonds is 4. The summed E-state index contributed by atoms with van der Waals surface area (Å²) in [5.74, 6) is -0.370. The van der Waals surface area contributed by atoms with Gasteiger partial charge in [0.25, 0.3) is 11.8 Å². The van der Waals surface area contributed by atoms with Crippen molar-refractivity contribution in [1.82, 2.24) is 14.7 Å². The summed E-state index contributed by atoms with van der Waals surface area (Å²) in [5.41, 5.74) is 4.82. The van der Waals surface area contributed by atoms with E-state index < -0.39 is 0 Å². The van der Waals surface area contributed by atoms with Crippen LogP contribution in [0.15, 0.2) is 36.5 Å². The first kappa shape index (κ1) is 17.3. The van der Waals surface area contributed by atoms with Gasteiger partial charge in [0, 0.05) is 17.9 Å². The van der Waals surface area contributed by atoms with Crippen LogP contribution in [0.4, 0.5) is 5.69 Å². The van der Waals surface area contributed by atoms with E-state index >= 15 is 0 Å². The van der Waals surface area contributed by atoms with E-state index in [-0.39, 0.29) is 29.4 Å². The van der Waals surface area contributed by atoms with E-state index in [9.17, 15) is 9.59 Å². The molecule has 138 valence electrons. The maximum absolute atomic E-state index is 13.0. The molecule has 2 amide bonds. The molecule has 2 aromatic heterocycles. The molecule has 0 atom stereocenters. The van der Waals surface area contributed by atoms with Gasteiger partial charge in [-0.3, -0.25) is 14.0 Å². The van der Waals surface area contributed by atoms with Gasteiger partial charge in [-0.25, -0.2) is 4.98 Å². The number of imidazole rings is 1. The monoisotopic (exact) mass is 362 g/mol. The van der Waals surface area contributed by atoms with Gasteiger partial charge in [0.05, 0.1) is 5.52 Å². The first-order valence-corrected chi connectivity index (χ1v) is 9.11. The number of pyridine rings is 1. The fourth-order valence-corrected chi connectivity index (χ4v) is 3.39. The second-order valence-corrected chi connectivity index (χ2v) is 7.22. The van der Waals surface area contributed by atoms with E-state index in [0.29, 0.717) is 5.52 Å². The molecular formula is C21H22N4O2. The summed E-state index contributed by atoms with van der Waals surface area (Å²) in [6, 6.07) is 9.74. The zero-order chi connectivity index (χ0) is 19.1. The lowest BCUT2D eigenvalue weighted by Crippen LogP contribution is -2.26. The van der Waals surface area contributed by atoms with Gasteiger partial charge in [-0.1, -0.05) is 23.8 Å². The summed E-state index contributed by atoms with van der Waals surface area (Å²) in [7, 11) is 0. The third-order valence-corrected chi connectivity index (χ3v) is 4.79. The second kappa shape index (κ2) is 6.54. The number of hydrogen-bond donors (Lipinski definition) is 2. The molecule has 0 spiro atoms. The van der Waals surface area contributed by atoms with Gasteiger partial charge in [-0.15, -0.1) is 0 Å². The van der Waals surface area contributed by atoms with Crippen molar-refractivity contribution in [2.24, 2.45) is 0 Å². The van der Waals surface area contributed by atoms with Crippen molar-refractivity contribution in [3.63, 3.8) is 0 Å². The third kappa shape index (κ3) is 3.30. The molecule has 6 nitrogen and oxygen atoms in total. The lowest BCUT2D eigenvalue weighted by atomic mass is 10.1. The second-order valence-electron chi connectivity index (χ2n) is 7.22. The highest BCUT2D eigenvalue weighted by atomic mass is 16.2. The molecule has 3 aromatic rings. The minimum Gasteiger partial charge on any atom is -0.348 e. The quantitative estimate of drug-likeness (QED) is 0.747. The van der Waals surface area contributed by atoms with Gasteiger partial charge in [0.15, 0.2) is 5.69 Å². The zero-order valence-corrected chi connectivity index (χ0v) is 15.7. The smallest absolute Gasteiger partial charge is 0.292 e. The van der Waals surface area contributed by atoms with Gasteiger partial charge in [-0.2, -0.15) is 0 Å². The minimum atomic E-state index is -0.336. The Labute approximate surface area is 157 Å². The van der Waals surface area contributed by atoms with E-state index in [1.54, 1.807) is 16.7 Å². The number of nitrogens with one attached hydrogen (secondary N) is 2. The maximum atomic E-state index is 13.0. The molecule has 2 heterocycles. The molecular weight excluding hydrogens is 340 g/mol. The van der Waals surface area contributed by atoms with Crippen LogP contribution in [0.5, 0.6) is 0 Å². The van der Waals surface area contributed by atoms with Crippen LogP contribution in [0, 0.1) is 20.8 Å². The minimum absolute atomic E-state index is 0.200. The standard InChI is InChI=1S/C21H22N4O2/c1-12-10-13(2)17(14(3)11-12)24-21(27)19-23-18(20(26)22-15-7-8-15)16-6-4-5-9-25(16)19/h4-6,9-11,15H,7-8H2,1-3H3,(H,22,26)(H,24,27). The van der Waals surface area contributed by atoms with E-state index in [4.69, 9.17) is 0 Å². The topological polar surface area (TPSA) is 75.5 Å². The zero-order valence-electron chi connectivity index (χ0n) is 15.7. The largest absolute Gasteiger partial charge is 0.348 e. The van der Waals surface area contributed by atoms with E-state index in [2.05, 4.69) is 15.6 Å². The van der Waals surface area contributed by atoms with Crippen LogP contribution in [0.3, 0.4) is 0 Å². The molecule has 6 heteroatoms. The van der Waals surface area contributed by atoms with Crippen molar-refractivity contribution in [2.75, 3.05) is 5.32 Å². The highest BCUT2D eigenvalue weighted by Crippen LogP contribution is 2.24. The van der Waals surface area contributed by atoms with Crippen LogP contribution < -0.4 is 10.6 Å². The Kier molecular flexibility index (Phi) is 4.18. The van der Waals surface area contributed by atoms with Crippen LogP contribution >= 0.6 is 0 Å². The third-order valence-electron chi connectivity index (χ3n) is 4.79. The summed E-state index contributed by atoms with van der Waals surface area (Å²) in [6.45, 7) is 5.96. The summed E-state index contributed by atoms with van der Waals surface area (Å²) in [6.07, 6.45) is 3.74. The van der Waals surface area contributed by atoms with Gasteiger partial charge in [0.2, 0.25) is 5.82 Å². The van der Waals surface area contributed by atoms with Crippen molar-refractivity contribution < 1.29 is 9.59 Å². The fourth-order valence-electron chi connectivity index (χ4n) is 3.39. The van der Waals surface area contributed by atoms with Crippen molar-refractivity contribution in [1.29, 1.82) is 0 Å². The van der Waals surface area contributed by atoms with E-state index in [0.717, 1.165) is 35.2 Å². The molecule has 4 rings (SSSR count). The van der Waals surface area contributed by atoms with Crippen molar-refractivity contribution in [3.8, 4) is 0 Å². The number of fused-ring (bicyclic) bond motifs is 1. The van der Waals surface area contributed by atoms with Crippen molar-refractivity contribution in [2.45, 2.75) is 39.7 Å². The van der Waals surface area contributed by atoms with Crippen molar-refractivity contribution in [3.05, 3.63) is 64.7 Å². The molecule has 0 radical (unpaired) electrons. The number of benzene rings is 1. The van der Waals surface area contributed by atoms with Crippen LogP contribution in [0.25, 0.3) is 5.52 Å². The molecule has 1 fully saturated rings. The van der Waals surface area contributed by atoms with Crippen LogP contribution in [-0.4, -0.2) is 27.2 Å². The molecule has 0 aliphatic heterocycles. The summed E-state index contributed by atoms with van der Waals surface area (Å²) < 4.78 is 1.66. The Bertz CT molecular complexity index is 1040. The predicted octanol–water partition coefficient (Wildman–Crippen LogP) is 3.40. The average Bonchev–Trinajstić information content (AvgIpc) is 3.34.